The summed E-state index contributed by atoms with van der Waals surface area (Å²) >= 11 is 0. The molecule has 0 bridgehead atoms. The van der Waals surface area contributed by atoms with Crippen LogP contribution in [0.5, 0.6) is 5.75 Å². The highest BCUT2D eigenvalue weighted by atomic mass is 16.3. The van der Waals surface area contributed by atoms with Crippen molar-refractivity contribution < 1.29 is 5.11 Å². The Morgan fingerprint density at radius 2 is 1.63 bits per heavy atom. The lowest BCUT2D eigenvalue weighted by Crippen LogP contribution is -2.22. The number of aromatic nitrogens is 2. The van der Waals surface area contributed by atoms with E-state index in [-0.39, 0.29) is 11.3 Å². The predicted molar refractivity (Wildman–Crippen MR) is 109 cm³/mol. The number of para-hydroxylation sites is 2. The molecule has 4 rings (SSSR count). The summed E-state index contributed by atoms with van der Waals surface area (Å²) in [5.74, 6) is 0.0191. The van der Waals surface area contributed by atoms with Gasteiger partial charge in [0, 0.05) is 35.1 Å². The van der Waals surface area contributed by atoms with Gasteiger partial charge < -0.3 is 14.2 Å². The highest BCUT2D eigenvalue weighted by Crippen LogP contribution is 2.29. The van der Waals surface area contributed by atoms with Gasteiger partial charge in [-0.05, 0) is 50.1 Å². The summed E-state index contributed by atoms with van der Waals surface area (Å²) < 4.78 is 3.99. The maximum atomic E-state index is 12.3. The minimum Gasteiger partial charge on any atom is -0.508 e. The molecular weight excluding hydrogens is 336 g/mol. The maximum absolute atomic E-state index is 12.3. The molecule has 27 heavy (non-hydrogen) atoms. The average molecular weight is 358 g/mol. The number of hydrogen-bond acceptors (Lipinski definition) is 2. The summed E-state index contributed by atoms with van der Waals surface area (Å²) in [7, 11) is 0. The van der Waals surface area contributed by atoms with Gasteiger partial charge in [0.1, 0.15) is 5.75 Å². The fourth-order valence-electron chi connectivity index (χ4n) is 3.88. The molecule has 0 spiro atoms. The molecule has 0 saturated carbocycles. The third-order valence-corrected chi connectivity index (χ3v) is 5.16. The Morgan fingerprint density at radius 1 is 0.926 bits per heavy atom. The number of hydrogen-bond donors (Lipinski definition) is 1. The molecule has 0 aliphatic rings. The molecule has 0 unspecified atom stereocenters. The van der Waals surface area contributed by atoms with E-state index in [2.05, 4.69) is 47.9 Å². The van der Waals surface area contributed by atoms with E-state index in [0.717, 1.165) is 17.8 Å². The predicted octanol–water partition coefficient (Wildman–Crippen LogP) is 4.36. The number of benzene rings is 2. The Morgan fingerprint density at radius 3 is 2.37 bits per heavy atom. The Labute approximate surface area is 157 Å². The van der Waals surface area contributed by atoms with Crippen molar-refractivity contribution in [1.82, 2.24) is 9.13 Å². The second-order valence-electron chi connectivity index (χ2n) is 6.85. The quantitative estimate of drug-likeness (QED) is 0.589. The Hall–Kier alpha value is -3.27. The smallest absolute Gasteiger partial charge is 0.254 e. The third kappa shape index (κ3) is 3.04. The first-order valence-corrected chi connectivity index (χ1v) is 9.11. The van der Waals surface area contributed by atoms with Crippen molar-refractivity contribution in [3.05, 3.63) is 94.0 Å². The van der Waals surface area contributed by atoms with Crippen LogP contribution in [-0.4, -0.2) is 14.2 Å². The molecule has 4 nitrogen and oxygen atoms in total. The van der Waals surface area contributed by atoms with Gasteiger partial charge in [0.2, 0.25) is 0 Å². The second kappa shape index (κ2) is 6.80. The summed E-state index contributed by atoms with van der Waals surface area (Å²) in [4.78, 5) is 12.3. The molecule has 0 fully saturated rings. The Balaban J connectivity index is 1.80. The molecule has 2 aromatic heterocycles. The lowest BCUT2D eigenvalue weighted by molar-refractivity contribution is 0.469. The van der Waals surface area contributed by atoms with Gasteiger partial charge in [0.25, 0.3) is 5.56 Å². The number of pyridine rings is 1. The van der Waals surface area contributed by atoms with E-state index in [1.165, 1.54) is 28.2 Å². The van der Waals surface area contributed by atoms with E-state index in [1.807, 2.05) is 25.1 Å². The first-order valence-electron chi connectivity index (χ1n) is 9.11. The molecule has 0 aliphatic carbocycles. The van der Waals surface area contributed by atoms with Crippen LogP contribution < -0.4 is 5.56 Å². The van der Waals surface area contributed by atoms with Gasteiger partial charge in [-0.15, -0.1) is 0 Å². The first kappa shape index (κ1) is 17.2. The molecular formula is C23H22N2O2. The summed E-state index contributed by atoms with van der Waals surface area (Å²) in [5.41, 5.74) is 5.34. The van der Waals surface area contributed by atoms with E-state index < -0.39 is 0 Å². The fourth-order valence-corrected chi connectivity index (χ4v) is 3.88. The third-order valence-electron chi connectivity index (χ3n) is 5.16. The minimum atomic E-state index is -0.169. The second-order valence-corrected chi connectivity index (χ2v) is 6.85. The molecule has 2 heterocycles. The first-order chi connectivity index (χ1) is 13.1. The van der Waals surface area contributed by atoms with E-state index >= 15 is 0 Å². The number of aryl methyl sites for hydroxylation is 2. The molecule has 0 amide bonds. The average Bonchev–Trinajstić information content (AvgIpc) is 2.93. The summed E-state index contributed by atoms with van der Waals surface area (Å²) in [5, 5.41) is 10.8. The number of nitrogens with zero attached hydrogens (tertiary/aromatic N) is 2. The maximum Gasteiger partial charge on any atom is 0.254 e. The lowest BCUT2D eigenvalue weighted by Gasteiger charge is -2.11. The van der Waals surface area contributed by atoms with Gasteiger partial charge in [0.05, 0.1) is 5.52 Å². The van der Waals surface area contributed by atoms with Crippen molar-refractivity contribution in [1.29, 1.82) is 0 Å². The lowest BCUT2D eigenvalue weighted by atomic mass is 10.1. The van der Waals surface area contributed by atoms with Crippen LogP contribution in [0, 0.1) is 13.8 Å². The minimum absolute atomic E-state index is 0.0191. The molecule has 0 atom stereocenters. The molecule has 136 valence electrons. The topological polar surface area (TPSA) is 47.2 Å². The Kier molecular flexibility index (Phi) is 4.32. The van der Waals surface area contributed by atoms with Crippen molar-refractivity contribution in [2.75, 3.05) is 0 Å². The molecule has 1 N–H and O–H groups in total. The van der Waals surface area contributed by atoms with Crippen LogP contribution in [0.2, 0.25) is 0 Å². The van der Waals surface area contributed by atoms with Crippen molar-refractivity contribution in [3.63, 3.8) is 0 Å². The van der Waals surface area contributed by atoms with Gasteiger partial charge in [-0.2, -0.15) is 0 Å². The van der Waals surface area contributed by atoms with Gasteiger partial charge in [-0.25, -0.2) is 0 Å². The summed E-state index contributed by atoms with van der Waals surface area (Å²) in [6, 6.07) is 21.6. The van der Waals surface area contributed by atoms with Crippen LogP contribution in [0.15, 0.2) is 71.5 Å². The van der Waals surface area contributed by atoms with E-state index in [1.54, 1.807) is 10.6 Å². The van der Waals surface area contributed by atoms with Crippen LogP contribution in [0.25, 0.3) is 16.6 Å². The summed E-state index contributed by atoms with van der Waals surface area (Å²) in [6.07, 6.45) is 0.748. The van der Waals surface area contributed by atoms with Crippen molar-refractivity contribution in [2.45, 2.75) is 26.8 Å². The van der Waals surface area contributed by atoms with Crippen LogP contribution >= 0.6 is 0 Å². The van der Waals surface area contributed by atoms with E-state index in [0.29, 0.717) is 6.54 Å². The molecule has 4 heteroatoms. The van der Waals surface area contributed by atoms with Crippen LogP contribution in [0.4, 0.5) is 0 Å². The monoisotopic (exact) mass is 358 g/mol. The molecule has 4 aromatic rings. The van der Waals surface area contributed by atoms with Crippen molar-refractivity contribution >= 4 is 10.9 Å². The van der Waals surface area contributed by atoms with Crippen LogP contribution in [0.3, 0.4) is 0 Å². The largest absolute Gasteiger partial charge is 0.508 e. The molecule has 0 radical (unpaired) electrons. The summed E-state index contributed by atoms with van der Waals surface area (Å²) in [6.45, 7) is 4.56. The zero-order valence-corrected chi connectivity index (χ0v) is 15.5. The SMILES string of the molecule is Cc1cc(O)cc(=O)n1CCc1c(C)n(-c2ccccc2)c2ccccc12. The standard InChI is InChI=1S/C23H22N2O2/c1-16-14-19(26)15-23(27)24(16)13-12-20-17(2)25(18-8-4-3-5-9-18)22-11-7-6-10-21(20)22/h3-11,14-15,26H,12-13H2,1-2H3. The molecule has 0 saturated heterocycles. The van der Waals surface area contributed by atoms with Gasteiger partial charge in [-0.1, -0.05) is 36.4 Å². The van der Waals surface area contributed by atoms with E-state index in [4.69, 9.17) is 0 Å². The van der Waals surface area contributed by atoms with E-state index in [9.17, 15) is 9.90 Å². The van der Waals surface area contributed by atoms with Gasteiger partial charge in [-0.3, -0.25) is 4.79 Å². The molecule has 2 aromatic carbocycles. The van der Waals surface area contributed by atoms with Crippen molar-refractivity contribution in [3.8, 4) is 11.4 Å². The highest BCUT2D eigenvalue weighted by molar-refractivity contribution is 5.87. The number of rotatable bonds is 4. The van der Waals surface area contributed by atoms with Crippen molar-refractivity contribution in [2.24, 2.45) is 0 Å². The fraction of sp³-hybridized carbons (Fsp3) is 0.174. The highest BCUT2D eigenvalue weighted by Gasteiger charge is 2.15. The van der Waals surface area contributed by atoms with Gasteiger partial charge in [0.15, 0.2) is 0 Å². The Bertz CT molecular complexity index is 1170. The number of fused-ring (bicyclic) bond motifs is 1. The van der Waals surface area contributed by atoms with Gasteiger partial charge >= 0.3 is 0 Å². The zero-order valence-electron chi connectivity index (χ0n) is 15.5. The molecule has 0 aliphatic heterocycles. The normalized spacial score (nSPS) is 11.2. The number of aromatic hydroxyl groups is 1. The zero-order chi connectivity index (χ0) is 19.0. The van der Waals surface area contributed by atoms with Crippen LogP contribution in [0.1, 0.15) is 17.0 Å². The van der Waals surface area contributed by atoms with Crippen LogP contribution in [-0.2, 0) is 13.0 Å².